The van der Waals surface area contributed by atoms with Crippen molar-refractivity contribution in [3.8, 4) is 16.9 Å². The van der Waals surface area contributed by atoms with Gasteiger partial charge in [-0.15, -0.1) is 0 Å². The number of hydrogen-bond donors (Lipinski definition) is 1. The molecular formula is C24H29N5O2. The van der Waals surface area contributed by atoms with Crippen molar-refractivity contribution in [2.24, 2.45) is 0 Å². The maximum absolute atomic E-state index is 6.07. The third-order valence-electron chi connectivity index (χ3n) is 5.59. The van der Waals surface area contributed by atoms with Gasteiger partial charge in [-0.05, 0) is 35.2 Å². The Bertz CT molecular complexity index is 1030. The first-order chi connectivity index (χ1) is 15.0. The molecule has 0 atom stereocenters. The number of nitrogen functional groups attached to an aromatic ring is 1. The van der Waals surface area contributed by atoms with Crippen molar-refractivity contribution < 1.29 is 9.47 Å². The van der Waals surface area contributed by atoms with Crippen molar-refractivity contribution in [2.75, 3.05) is 44.0 Å². The normalized spacial score (nSPS) is 14.5. The van der Waals surface area contributed by atoms with E-state index in [1.807, 2.05) is 12.1 Å². The number of benzene rings is 2. The maximum atomic E-state index is 6.07. The van der Waals surface area contributed by atoms with E-state index in [0.717, 1.165) is 30.8 Å². The van der Waals surface area contributed by atoms with E-state index >= 15 is 0 Å². The van der Waals surface area contributed by atoms with Crippen molar-refractivity contribution in [1.82, 2.24) is 15.0 Å². The number of ether oxygens (including phenoxy) is 2. The zero-order valence-electron chi connectivity index (χ0n) is 18.3. The molecule has 7 nitrogen and oxygen atoms in total. The van der Waals surface area contributed by atoms with Crippen molar-refractivity contribution in [1.29, 1.82) is 0 Å². The third kappa shape index (κ3) is 4.77. The number of hydrogen-bond acceptors (Lipinski definition) is 7. The van der Waals surface area contributed by atoms with Gasteiger partial charge < -0.3 is 20.1 Å². The summed E-state index contributed by atoms with van der Waals surface area (Å²) in [6, 6.07) is 16.6. The lowest BCUT2D eigenvalue weighted by Gasteiger charge is -2.29. The molecule has 2 aromatic carbocycles. The van der Waals surface area contributed by atoms with E-state index in [2.05, 4.69) is 65.1 Å². The number of anilines is 2. The lowest BCUT2D eigenvalue weighted by Crippen LogP contribution is -2.38. The fourth-order valence-electron chi connectivity index (χ4n) is 3.87. The summed E-state index contributed by atoms with van der Waals surface area (Å²) in [6.07, 6.45) is 0.765. The number of nitrogens with zero attached hydrogens (tertiary/aromatic N) is 4. The van der Waals surface area contributed by atoms with Gasteiger partial charge in [0.1, 0.15) is 11.6 Å². The zero-order valence-corrected chi connectivity index (χ0v) is 18.3. The molecule has 0 bridgehead atoms. The van der Waals surface area contributed by atoms with E-state index in [1.165, 1.54) is 11.1 Å². The predicted octanol–water partition coefficient (Wildman–Crippen LogP) is 3.49. The van der Waals surface area contributed by atoms with Crippen molar-refractivity contribution in [2.45, 2.75) is 25.7 Å². The van der Waals surface area contributed by atoms with Crippen LogP contribution in [-0.2, 0) is 16.6 Å². The summed E-state index contributed by atoms with van der Waals surface area (Å²) < 4.78 is 10.7. The molecule has 0 aliphatic carbocycles. The number of nitrogens with two attached hydrogens (primary N) is 1. The molecule has 0 amide bonds. The molecule has 1 aliphatic rings. The summed E-state index contributed by atoms with van der Waals surface area (Å²) in [6.45, 7) is 7.14. The van der Waals surface area contributed by atoms with Gasteiger partial charge in [-0.25, -0.2) is 0 Å². The average Bonchev–Trinajstić information content (AvgIpc) is 2.79. The first kappa shape index (κ1) is 21.1. The van der Waals surface area contributed by atoms with Crippen LogP contribution in [0.1, 0.15) is 25.2 Å². The number of methoxy groups -OCH3 is 1. The molecule has 31 heavy (non-hydrogen) atoms. The van der Waals surface area contributed by atoms with Crippen LogP contribution < -0.4 is 15.4 Å². The van der Waals surface area contributed by atoms with Gasteiger partial charge in [-0.3, -0.25) is 0 Å². The van der Waals surface area contributed by atoms with E-state index in [-0.39, 0.29) is 11.4 Å². The minimum Gasteiger partial charge on any atom is -0.497 e. The maximum Gasteiger partial charge on any atom is 0.230 e. The fraction of sp³-hybridized carbons (Fsp3) is 0.375. The lowest BCUT2D eigenvalue weighted by atomic mass is 9.82. The van der Waals surface area contributed by atoms with Gasteiger partial charge in [0, 0.05) is 18.5 Å². The Kier molecular flexibility index (Phi) is 6.04. The van der Waals surface area contributed by atoms with Gasteiger partial charge in [-0.2, -0.15) is 15.0 Å². The predicted molar refractivity (Wildman–Crippen MR) is 122 cm³/mol. The standard InChI is InChI=1S/C24H29N5O2/c1-24(2,21-26-22(25)28-23(27-21)29-12-14-31-15-13-29)16-18-6-4-5-7-20(18)17-8-10-19(30-3)11-9-17/h4-11H,12-16H2,1-3H3,(H2,25,26,27,28). The van der Waals surface area contributed by atoms with E-state index in [4.69, 9.17) is 20.2 Å². The Morgan fingerprint density at radius 3 is 2.42 bits per heavy atom. The van der Waals surface area contributed by atoms with Crippen LogP contribution in [0.25, 0.3) is 11.1 Å². The summed E-state index contributed by atoms with van der Waals surface area (Å²) in [5, 5.41) is 0. The molecular weight excluding hydrogens is 390 g/mol. The van der Waals surface area contributed by atoms with Gasteiger partial charge in [-0.1, -0.05) is 50.2 Å². The second-order valence-corrected chi connectivity index (χ2v) is 8.36. The highest BCUT2D eigenvalue weighted by molar-refractivity contribution is 5.68. The first-order valence-corrected chi connectivity index (χ1v) is 10.5. The highest BCUT2D eigenvalue weighted by Crippen LogP contribution is 2.32. The van der Waals surface area contributed by atoms with Crippen molar-refractivity contribution >= 4 is 11.9 Å². The summed E-state index contributed by atoms with van der Waals surface area (Å²) in [4.78, 5) is 15.8. The molecule has 0 radical (unpaired) electrons. The summed E-state index contributed by atoms with van der Waals surface area (Å²) >= 11 is 0. The topological polar surface area (TPSA) is 86.4 Å². The van der Waals surface area contributed by atoms with Crippen LogP contribution >= 0.6 is 0 Å². The molecule has 1 fully saturated rings. The van der Waals surface area contributed by atoms with Crippen LogP contribution in [0.15, 0.2) is 48.5 Å². The molecule has 0 saturated carbocycles. The van der Waals surface area contributed by atoms with Gasteiger partial charge in [0.2, 0.25) is 11.9 Å². The van der Waals surface area contributed by atoms with Gasteiger partial charge in [0.05, 0.1) is 20.3 Å². The Morgan fingerprint density at radius 1 is 1.00 bits per heavy atom. The third-order valence-corrected chi connectivity index (χ3v) is 5.59. The lowest BCUT2D eigenvalue weighted by molar-refractivity contribution is 0.122. The second-order valence-electron chi connectivity index (χ2n) is 8.36. The van der Waals surface area contributed by atoms with E-state index < -0.39 is 0 Å². The quantitative estimate of drug-likeness (QED) is 0.654. The van der Waals surface area contributed by atoms with Crippen LogP contribution in [0.5, 0.6) is 5.75 Å². The van der Waals surface area contributed by atoms with Gasteiger partial charge >= 0.3 is 0 Å². The Labute approximate surface area is 183 Å². The van der Waals surface area contributed by atoms with Crippen LogP contribution in [0.3, 0.4) is 0 Å². The minimum atomic E-state index is -0.333. The fourth-order valence-corrected chi connectivity index (χ4v) is 3.87. The molecule has 0 spiro atoms. The van der Waals surface area contributed by atoms with Crippen molar-refractivity contribution in [3.05, 3.63) is 59.9 Å². The Morgan fingerprint density at radius 2 is 1.71 bits per heavy atom. The summed E-state index contributed by atoms with van der Waals surface area (Å²) in [7, 11) is 1.68. The monoisotopic (exact) mass is 419 g/mol. The molecule has 1 aliphatic heterocycles. The second kappa shape index (κ2) is 8.89. The van der Waals surface area contributed by atoms with E-state index in [1.54, 1.807) is 7.11 Å². The summed E-state index contributed by atoms with van der Waals surface area (Å²) in [5.74, 6) is 2.43. The molecule has 2 heterocycles. The highest BCUT2D eigenvalue weighted by atomic mass is 16.5. The molecule has 1 saturated heterocycles. The van der Waals surface area contributed by atoms with E-state index in [0.29, 0.717) is 25.0 Å². The molecule has 162 valence electrons. The molecule has 0 unspecified atom stereocenters. The number of aromatic nitrogens is 3. The zero-order chi connectivity index (χ0) is 21.8. The van der Waals surface area contributed by atoms with Crippen molar-refractivity contribution in [3.63, 3.8) is 0 Å². The molecule has 2 N–H and O–H groups in total. The molecule has 4 rings (SSSR count). The molecule has 7 heteroatoms. The minimum absolute atomic E-state index is 0.253. The molecule has 1 aromatic heterocycles. The van der Waals surface area contributed by atoms with Crippen LogP contribution in [0.2, 0.25) is 0 Å². The number of rotatable bonds is 6. The van der Waals surface area contributed by atoms with Crippen LogP contribution in [-0.4, -0.2) is 48.4 Å². The SMILES string of the molecule is COc1ccc(-c2ccccc2CC(C)(C)c2nc(N)nc(N3CCOCC3)n2)cc1. The van der Waals surface area contributed by atoms with E-state index in [9.17, 15) is 0 Å². The van der Waals surface area contributed by atoms with Crippen LogP contribution in [0.4, 0.5) is 11.9 Å². The average molecular weight is 420 g/mol. The summed E-state index contributed by atoms with van der Waals surface area (Å²) in [5.41, 5.74) is 9.30. The first-order valence-electron chi connectivity index (χ1n) is 10.5. The van der Waals surface area contributed by atoms with Gasteiger partial charge in [0.25, 0.3) is 0 Å². The number of morpholine rings is 1. The van der Waals surface area contributed by atoms with Crippen LogP contribution in [0, 0.1) is 0 Å². The smallest absolute Gasteiger partial charge is 0.230 e. The molecule has 3 aromatic rings. The Balaban J connectivity index is 1.64. The largest absolute Gasteiger partial charge is 0.497 e. The Hall–Kier alpha value is -3.19. The van der Waals surface area contributed by atoms with Gasteiger partial charge in [0.15, 0.2) is 0 Å². The highest BCUT2D eigenvalue weighted by Gasteiger charge is 2.28.